The molecule has 0 spiro atoms. The minimum Gasteiger partial charge on any atom is -0.504 e. The monoisotopic (exact) mass is 308 g/mol. The van der Waals surface area contributed by atoms with Crippen molar-refractivity contribution in [3.05, 3.63) is 21.3 Å². The molecule has 1 aromatic rings. The van der Waals surface area contributed by atoms with E-state index in [9.17, 15) is 9.90 Å². The molecule has 0 bridgehead atoms. The molecule has 0 aromatic heterocycles. The standard InChI is InChI=1S/C9H9IO4/c1-13-8-6(11)4-3-5(7(8)10)9(12)14-2/h3-4,11H,1-2H3. The molecule has 0 aliphatic rings. The molecular formula is C9H9IO4. The average Bonchev–Trinajstić information content (AvgIpc) is 2.18. The van der Waals surface area contributed by atoms with Crippen LogP contribution in [-0.4, -0.2) is 25.3 Å². The van der Waals surface area contributed by atoms with Crippen LogP contribution in [0.4, 0.5) is 0 Å². The zero-order valence-electron chi connectivity index (χ0n) is 7.70. The van der Waals surface area contributed by atoms with Gasteiger partial charge in [0.25, 0.3) is 0 Å². The van der Waals surface area contributed by atoms with Gasteiger partial charge in [0, 0.05) is 0 Å². The second-order valence-electron chi connectivity index (χ2n) is 2.47. The summed E-state index contributed by atoms with van der Waals surface area (Å²) in [5.74, 6) is -0.161. The number of phenolic OH excluding ortho intramolecular Hbond substituents is 1. The summed E-state index contributed by atoms with van der Waals surface area (Å²) in [4.78, 5) is 11.2. The quantitative estimate of drug-likeness (QED) is 0.668. The second kappa shape index (κ2) is 4.50. The van der Waals surface area contributed by atoms with Crippen LogP contribution in [0.1, 0.15) is 10.4 Å². The summed E-state index contributed by atoms with van der Waals surface area (Å²) in [6, 6.07) is 2.89. The summed E-state index contributed by atoms with van der Waals surface area (Å²) in [5.41, 5.74) is 0.378. The minimum atomic E-state index is -0.451. The largest absolute Gasteiger partial charge is 0.504 e. The van der Waals surface area contributed by atoms with Crippen molar-refractivity contribution in [2.24, 2.45) is 0 Å². The highest BCUT2D eigenvalue weighted by Gasteiger charge is 2.16. The molecule has 0 radical (unpaired) electrons. The lowest BCUT2D eigenvalue weighted by Crippen LogP contribution is -2.04. The van der Waals surface area contributed by atoms with Crippen molar-refractivity contribution in [3.8, 4) is 11.5 Å². The molecule has 5 heteroatoms. The Morgan fingerprint density at radius 1 is 1.43 bits per heavy atom. The van der Waals surface area contributed by atoms with E-state index in [0.717, 1.165) is 0 Å². The number of carbonyl (C=O) groups excluding carboxylic acids is 1. The number of ether oxygens (including phenoxy) is 2. The summed E-state index contributed by atoms with van der Waals surface area (Å²) >= 11 is 1.92. The van der Waals surface area contributed by atoms with E-state index in [2.05, 4.69) is 4.74 Å². The fourth-order valence-electron chi connectivity index (χ4n) is 1.01. The maximum absolute atomic E-state index is 11.2. The highest BCUT2D eigenvalue weighted by molar-refractivity contribution is 14.1. The van der Waals surface area contributed by atoms with Crippen LogP contribution >= 0.6 is 22.6 Å². The van der Waals surface area contributed by atoms with Crippen molar-refractivity contribution >= 4 is 28.6 Å². The first-order chi connectivity index (χ1) is 6.61. The maximum atomic E-state index is 11.2. The van der Waals surface area contributed by atoms with Gasteiger partial charge >= 0.3 is 5.97 Å². The van der Waals surface area contributed by atoms with Gasteiger partial charge in [-0.1, -0.05) is 0 Å². The van der Waals surface area contributed by atoms with Gasteiger partial charge in [-0.15, -0.1) is 0 Å². The molecule has 0 unspecified atom stereocenters. The van der Waals surface area contributed by atoms with Gasteiger partial charge in [-0.25, -0.2) is 4.79 Å². The first kappa shape index (κ1) is 11.1. The predicted molar refractivity (Wildman–Crippen MR) is 58.7 cm³/mol. The Hall–Kier alpha value is -0.980. The maximum Gasteiger partial charge on any atom is 0.339 e. The van der Waals surface area contributed by atoms with Crippen LogP contribution in [0.2, 0.25) is 0 Å². The molecule has 0 saturated heterocycles. The molecule has 1 N–H and O–H groups in total. The topological polar surface area (TPSA) is 55.8 Å². The number of halogens is 1. The number of hydrogen-bond donors (Lipinski definition) is 1. The molecule has 0 saturated carbocycles. The number of methoxy groups -OCH3 is 2. The van der Waals surface area contributed by atoms with E-state index in [4.69, 9.17) is 4.74 Å². The molecule has 0 heterocycles. The molecule has 0 aliphatic heterocycles. The molecule has 0 amide bonds. The van der Waals surface area contributed by atoms with Gasteiger partial charge in [0.1, 0.15) is 0 Å². The van der Waals surface area contributed by atoms with E-state index in [1.54, 1.807) is 0 Å². The van der Waals surface area contributed by atoms with Gasteiger partial charge in [-0.05, 0) is 34.7 Å². The Bertz CT molecular complexity index is 362. The zero-order chi connectivity index (χ0) is 10.7. The summed E-state index contributed by atoms with van der Waals surface area (Å²) in [5, 5.41) is 9.39. The molecule has 1 rings (SSSR count). The smallest absolute Gasteiger partial charge is 0.339 e. The van der Waals surface area contributed by atoms with Crippen LogP contribution in [-0.2, 0) is 4.74 Å². The van der Waals surface area contributed by atoms with E-state index < -0.39 is 5.97 Å². The highest BCUT2D eigenvalue weighted by Crippen LogP contribution is 2.33. The number of esters is 1. The van der Waals surface area contributed by atoms with Crippen molar-refractivity contribution in [2.75, 3.05) is 14.2 Å². The van der Waals surface area contributed by atoms with Gasteiger partial charge in [-0.2, -0.15) is 0 Å². The first-order valence-corrected chi connectivity index (χ1v) is 4.83. The van der Waals surface area contributed by atoms with Gasteiger partial charge in [-0.3, -0.25) is 0 Å². The molecular weight excluding hydrogens is 299 g/mol. The van der Waals surface area contributed by atoms with Gasteiger partial charge in [0.2, 0.25) is 0 Å². The van der Waals surface area contributed by atoms with Crippen LogP contribution in [0.15, 0.2) is 12.1 Å². The van der Waals surface area contributed by atoms with E-state index in [-0.39, 0.29) is 11.5 Å². The van der Waals surface area contributed by atoms with Crippen molar-refractivity contribution in [1.29, 1.82) is 0 Å². The van der Waals surface area contributed by atoms with E-state index in [0.29, 0.717) is 9.13 Å². The van der Waals surface area contributed by atoms with Crippen molar-refractivity contribution in [1.82, 2.24) is 0 Å². The Labute approximate surface area is 95.0 Å². The van der Waals surface area contributed by atoms with Gasteiger partial charge in [0.05, 0.1) is 23.4 Å². The lowest BCUT2D eigenvalue weighted by atomic mass is 10.2. The Morgan fingerprint density at radius 3 is 2.57 bits per heavy atom. The van der Waals surface area contributed by atoms with Crippen molar-refractivity contribution < 1.29 is 19.4 Å². The molecule has 4 nitrogen and oxygen atoms in total. The van der Waals surface area contributed by atoms with E-state index >= 15 is 0 Å². The molecule has 0 atom stereocenters. The number of rotatable bonds is 2. The normalized spacial score (nSPS) is 9.64. The predicted octanol–water partition coefficient (Wildman–Crippen LogP) is 1.79. The molecule has 0 fully saturated rings. The highest BCUT2D eigenvalue weighted by atomic mass is 127. The Balaban J connectivity index is 3.28. The lowest BCUT2D eigenvalue weighted by molar-refractivity contribution is 0.0599. The molecule has 0 aliphatic carbocycles. The minimum absolute atomic E-state index is 0.00422. The Morgan fingerprint density at radius 2 is 2.07 bits per heavy atom. The van der Waals surface area contributed by atoms with Crippen molar-refractivity contribution in [2.45, 2.75) is 0 Å². The first-order valence-electron chi connectivity index (χ1n) is 3.75. The third-order valence-electron chi connectivity index (χ3n) is 1.69. The summed E-state index contributed by atoms with van der Waals surface area (Å²) in [6.45, 7) is 0. The number of hydrogen-bond acceptors (Lipinski definition) is 4. The fraction of sp³-hybridized carbons (Fsp3) is 0.222. The van der Waals surface area contributed by atoms with Crippen molar-refractivity contribution in [3.63, 3.8) is 0 Å². The van der Waals surface area contributed by atoms with Gasteiger partial charge in [0.15, 0.2) is 11.5 Å². The van der Waals surface area contributed by atoms with Crippen LogP contribution in [0, 0.1) is 3.57 Å². The number of aromatic hydroxyl groups is 1. The third-order valence-corrected chi connectivity index (χ3v) is 2.76. The molecule has 76 valence electrons. The van der Waals surface area contributed by atoms with Crippen LogP contribution in [0.5, 0.6) is 11.5 Å². The number of benzene rings is 1. The molecule has 14 heavy (non-hydrogen) atoms. The lowest BCUT2D eigenvalue weighted by Gasteiger charge is -2.08. The van der Waals surface area contributed by atoms with Crippen LogP contribution in [0.25, 0.3) is 0 Å². The summed E-state index contributed by atoms with van der Waals surface area (Å²) in [6.07, 6.45) is 0. The second-order valence-corrected chi connectivity index (χ2v) is 3.55. The zero-order valence-corrected chi connectivity index (χ0v) is 9.86. The number of phenols is 1. The summed E-state index contributed by atoms with van der Waals surface area (Å²) in [7, 11) is 2.73. The fourth-order valence-corrected chi connectivity index (χ4v) is 1.90. The average molecular weight is 308 g/mol. The number of carbonyl (C=O) groups is 1. The van der Waals surface area contributed by atoms with Gasteiger partial charge < -0.3 is 14.6 Å². The summed E-state index contributed by atoms with van der Waals surface area (Å²) < 4.78 is 10.1. The van der Waals surface area contributed by atoms with E-state index in [1.165, 1.54) is 26.4 Å². The SMILES string of the molecule is COC(=O)c1ccc(O)c(OC)c1I. The van der Waals surface area contributed by atoms with E-state index in [1.807, 2.05) is 22.6 Å². The third kappa shape index (κ3) is 1.92. The Kier molecular flexibility index (Phi) is 3.56. The van der Waals surface area contributed by atoms with Crippen LogP contribution < -0.4 is 4.74 Å². The van der Waals surface area contributed by atoms with Crippen LogP contribution in [0.3, 0.4) is 0 Å². The molecule has 1 aromatic carbocycles.